The molecule has 2 amide bonds. The van der Waals surface area contributed by atoms with Crippen molar-refractivity contribution in [3.8, 4) is 11.1 Å². The minimum Gasteiger partial charge on any atom is -0.593 e. The highest BCUT2D eigenvalue weighted by Gasteiger charge is 2.67. The molecule has 5 aromatic rings. The number of hydrogen-bond acceptors (Lipinski definition) is 7. The summed E-state index contributed by atoms with van der Waals surface area (Å²) in [6.45, 7) is -0.900. The van der Waals surface area contributed by atoms with E-state index in [2.05, 4.69) is 25.2 Å². The van der Waals surface area contributed by atoms with Crippen LogP contribution in [0.25, 0.3) is 22.0 Å². The molecule has 4 N–H and O–H groups in total. The van der Waals surface area contributed by atoms with Gasteiger partial charge in [-0.05, 0) is 48.6 Å². The van der Waals surface area contributed by atoms with Crippen LogP contribution in [-0.4, -0.2) is 47.2 Å². The van der Waals surface area contributed by atoms with Crippen LogP contribution in [-0.2, 0) is 42.1 Å². The number of primary amides is 1. The van der Waals surface area contributed by atoms with E-state index in [-0.39, 0.29) is 51.6 Å². The average Bonchev–Trinajstić information content (AvgIpc) is 3.59. The number of carbonyl (C=O) groups is 2. The Morgan fingerprint density at radius 1 is 1.12 bits per heavy atom. The van der Waals surface area contributed by atoms with Gasteiger partial charge < -0.3 is 15.6 Å². The normalized spacial score (nSPS) is 18.3. The summed E-state index contributed by atoms with van der Waals surface area (Å²) in [5.41, 5.74) is 4.70. The van der Waals surface area contributed by atoms with Gasteiger partial charge in [-0.2, -0.15) is 23.7 Å². The quantitative estimate of drug-likeness (QED) is 0.113. The number of benzene rings is 2. The van der Waals surface area contributed by atoms with Crippen LogP contribution in [0.2, 0.25) is 5.02 Å². The third kappa shape index (κ3) is 6.21. The first-order valence-corrected chi connectivity index (χ1v) is 17.6. The molecule has 11 nitrogen and oxygen atoms in total. The summed E-state index contributed by atoms with van der Waals surface area (Å²) in [4.78, 5) is 30.5. The molecule has 4 atom stereocenters. The molecule has 272 valence electrons. The maximum atomic E-state index is 15.3. The second-order valence-corrected chi connectivity index (χ2v) is 14.2. The number of halogens is 7. The van der Waals surface area contributed by atoms with E-state index >= 15 is 8.78 Å². The average molecular weight is 765 g/mol. The predicted molar refractivity (Wildman–Crippen MR) is 178 cm³/mol. The molecule has 0 radical (unpaired) electrons. The number of aryl methyl sites for hydroxylation is 1. The van der Waals surface area contributed by atoms with E-state index in [1.807, 2.05) is 0 Å². The topological polar surface area (TPSA) is 156 Å². The smallest absolute Gasteiger partial charge is 0.293 e. The van der Waals surface area contributed by atoms with Gasteiger partial charge in [0.25, 0.3) is 12.3 Å². The maximum absolute atomic E-state index is 15.3. The zero-order valence-electron chi connectivity index (χ0n) is 27.1. The second kappa shape index (κ2) is 13.0. The summed E-state index contributed by atoms with van der Waals surface area (Å²) in [6, 6.07) is 5.85. The van der Waals surface area contributed by atoms with Crippen LogP contribution >= 0.6 is 11.6 Å². The summed E-state index contributed by atoms with van der Waals surface area (Å²) in [5.74, 6) is -8.94. The van der Waals surface area contributed by atoms with E-state index in [4.69, 9.17) is 17.3 Å². The number of amides is 2. The Kier molecular flexibility index (Phi) is 8.89. The van der Waals surface area contributed by atoms with E-state index in [1.165, 1.54) is 23.1 Å². The van der Waals surface area contributed by atoms with Crippen molar-refractivity contribution >= 4 is 51.5 Å². The van der Waals surface area contributed by atoms with Gasteiger partial charge in [0.2, 0.25) is 17.6 Å². The fourth-order valence-corrected chi connectivity index (χ4v) is 7.70. The van der Waals surface area contributed by atoms with Gasteiger partial charge in [-0.25, -0.2) is 17.6 Å². The molecular formula is C33H27ClF6N8O3S. The van der Waals surface area contributed by atoms with Crippen molar-refractivity contribution in [1.82, 2.24) is 29.9 Å². The highest BCUT2D eigenvalue weighted by molar-refractivity contribution is 7.92. The van der Waals surface area contributed by atoms with Crippen LogP contribution in [0.1, 0.15) is 63.4 Å². The fraction of sp³-hybridized carbons (Fsp3) is 0.303. The lowest BCUT2D eigenvalue weighted by Gasteiger charge is -2.23. The standard InChI is InChI=1S/C33H27ClF6N8O3S/c1-47-28-17(3-4-21(34)25(28)32(45-47)46-52(2)51)18-8-14(31(41)50)11-42-26(18)22(7-13-5-15(35)9-16(36)6-13)43-23(49)12-48-29-24(27(44-48)30(37)38)19-10-20(19)33(29,39)40/h3-6,8-9,11,19-20,22,30H,7,10,12H2,1-2H3,(H2,41,50)(H,43,49)(H,45,46)/t19-,20+,22-,52?/m0/s1. The molecule has 0 aliphatic heterocycles. The van der Waals surface area contributed by atoms with Crippen LogP contribution in [0, 0.1) is 17.6 Å². The van der Waals surface area contributed by atoms with Crippen molar-refractivity contribution in [3.63, 3.8) is 0 Å². The van der Waals surface area contributed by atoms with Crippen molar-refractivity contribution in [1.29, 1.82) is 0 Å². The van der Waals surface area contributed by atoms with Gasteiger partial charge in [0.15, 0.2) is 0 Å². The van der Waals surface area contributed by atoms with Gasteiger partial charge in [-0.3, -0.25) is 23.9 Å². The number of fused-ring (bicyclic) bond motifs is 4. The number of rotatable bonds is 11. The molecule has 1 fully saturated rings. The molecule has 1 unspecified atom stereocenters. The van der Waals surface area contributed by atoms with Crippen LogP contribution < -0.4 is 15.8 Å². The number of nitrogens with one attached hydrogen (secondary N) is 2. The third-order valence-electron chi connectivity index (χ3n) is 9.16. The summed E-state index contributed by atoms with van der Waals surface area (Å²) >= 11 is 5.00. The highest BCUT2D eigenvalue weighted by Crippen LogP contribution is 2.68. The SMILES string of the molecule is Cn1nc(N[S+](C)[O-])c2c(Cl)ccc(-c3cc(C(N)=O)cnc3[C@H](Cc3cc(F)cc(F)c3)NC(=O)Cn3nc(C(F)F)c4c3C(F)(F)[C@@H]3C[C@H]43)c21. The largest absolute Gasteiger partial charge is 0.593 e. The number of alkyl halides is 4. The molecule has 0 spiro atoms. The molecule has 19 heteroatoms. The van der Waals surface area contributed by atoms with Gasteiger partial charge in [-0.1, -0.05) is 17.7 Å². The first-order chi connectivity index (χ1) is 24.5. The van der Waals surface area contributed by atoms with Crippen molar-refractivity contribution in [2.75, 3.05) is 11.0 Å². The Bertz CT molecular complexity index is 2260. The van der Waals surface area contributed by atoms with Gasteiger partial charge in [0, 0.05) is 41.9 Å². The number of carbonyl (C=O) groups excluding carboxylic acids is 2. The number of nitrogens with two attached hydrogens (primary N) is 1. The molecule has 2 aromatic carbocycles. The van der Waals surface area contributed by atoms with E-state index in [0.29, 0.717) is 27.2 Å². The minimum atomic E-state index is -3.49. The molecule has 3 aromatic heterocycles. The van der Waals surface area contributed by atoms with E-state index < -0.39 is 83.0 Å². The minimum absolute atomic E-state index is 0.0299. The number of nitrogens with zero attached hydrogens (tertiary/aromatic N) is 5. The van der Waals surface area contributed by atoms with Crippen LogP contribution in [0.3, 0.4) is 0 Å². The van der Waals surface area contributed by atoms with Gasteiger partial charge in [0.1, 0.15) is 35.8 Å². The summed E-state index contributed by atoms with van der Waals surface area (Å²) in [5, 5.41) is 11.3. The number of aromatic nitrogens is 5. The monoisotopic (exact) mass is 764 g/mol. The zero-order chi connectivity index (χ0) is 37.4. The van der Waals surface area contributed by atoms with Gasteiger partial charge in [-0.15, -0.1) is 0 Å². The van der Waals surface area contributed by atoms with Crippen molar-refractivity contribution in [2.24, 2.45) is 18.7 Å². The van der Waals surface area contributed by atoms with Gasteiger partial charge >= 0.3 is 0 Å². The molecule has 1 saturated carbocycles. The number of pyridine rings is 1. The van der Waals surface area contributed by atoms with Crippen LogP contribution in [0.15, 0.2) is 42.6 Å². The lowest BCUT2D eigenvalue weighted by atomic mass is 9.93. The second-order valence-electron chi connectivity index (χ2n) is 12.6. The van der Waals surface area contributed by atoms with E-state index in [1.54, 1.807) is 13.1 Å². The first kappa shape index (κ1) is 35.6. The molecule has 7 rings (SSSR count). The Morgan fingerprint density at radius 3 is 2.48 bits per heavy atom. The summed E-state index contributed by atoms with van der Waals surface area (Å²) in [6.07, 6.45) is -0.940. The van der Waals surface area contributed by atoms with Crippen molar-refractivity contribution in [3.05, 3.63) is 93.0 Å². The Morgan fingerprint density at radius 2 is 1.83 bits per heavy atom. The molecule has 0 bridgehead atoms. The summed E-state index contributed by atoms with van der Waals surface area (Å²) in [7, 11) is 1.57. The van der Waals surface area contributed by atoms with Crippen molar-refractivity contribution in [2.45, 2.75) is 43.7 Å². The Balaban J connectivity index is 1.35. The van der Waals surface area contributed by atoms with Crippen LogP contribution in [0.5, 0.6) is 0 Å². The molecular weight excluding hydrogens is 738 g/mol. The maximum Gasteiger partial charge on any atom is 0.293 e. The number of anilines is 1. The zero-order valence-corrected chi connectivity index (χ0v) is 28.6. The Hall–Kier alpha value is -4.81. The third-order valence-corrected chi connectivity index (χ3v) is 9.95. The molecule has 2 aliphatic rings. The summed E-state index contributed by atoms with van der Waals surface area (Å²) < 4.78 is 104. The first-order valence-electron chi connectivity index (χ1n) is 15.6. The molecule has 0 saturated heterocycles. The lowest BCUT2D eigenvalue weighted by Crippen LogP contribution is -2.35. The van der Waals surface area contributed by atoms with Gasteiger partial charge in [0.05, 0.1) is 44.6 Å². The molecule has 2 aliphatic carbocycles. The molecule has 3 heterocycles. The number of hydrogen-bond donors (Lipinski definition) is 3. The highest BCUT2D eigenvalue weighted by atomic mass is 35.5. The Labute approximate surface area is 298 Å². The lowest BCUT2D eigenvalue weighted by molar-refractivity contribution is -0.123. The fourth-order valence-electron chi connectivity index (χ4n) is 7.04. The molecule has 52 heavy (non-hydrogen) atoms. The van der Waals surface area contributed by atoms with Crippen LogP contribution in [0.4, 0.5) is 32.2 Å². The van der Waals surface area contributed by atoms with E-state index in [9.17, 15) is 31.7 Å². The van der Waals surface area contributed by atoms with E-state index in [0.717, 1.165) is 18.3 Å². The van der Waals surface area contributed by atoms with Crippen molar-refractivity contribution < 1.29 is 40.5 Å². The predicted octanol–water partition coefficient (Wildman–Crippen LogP) is 5.81.